The van der Waals surface area contributed by atoms with Gasteiger partial charge in [-0.2, -0.15) is 0 Å². The number of nitrogens with one attached hydrogen (secondary N) is 1. The number of ether oxygens (including phenoxy) is 1. The zero-order chi connectivity index (χ0) is 14.6. The van der Waals surface area contributed by atoms with Gasteiger partial charge in [0.15, 0.2) is 0 Å². The third kappa shape index (κ3) is 4.50. The number of aliphatic hydroxyl groups is 1. The van der Waals surface area contributed by atoms with Gasteiger partial charge in [-0.1, -0.05) is 32.0 Å². The molecule has 112 valence electrons. The Morgan fingerprint density at radius 1 is 1.40 bits per heavy atom. The van der Waals surface area contributed by atoms with Crippen LogP contribution in [0.15, 0.2) is 24.3 Å². The summed E-state index contributed by atoms with van der Waals surface area (Å²) in [6.07, 6.45) is 3.54. The first-order chi connectivity index (χ1) is 9.52. The molecule has 0 spiro atoms. The average Bonchev–Trinajstić information content (AvgIpc) is 3.27. The van der Waals surface area contributed by atoms with E-state index in [4.69, 9.17) is 4.74 Å². The fraction of sp³-hybridized carbons (Fsp3) is 0.647. The predicted molar refractivity (Wildman–Crippen MR) is 82.3 cm³/mol. The Hall–Kier alpha value is -1.06. The summed E-state index contributed by atoms with van der Waals surface area (Å²) >= 11 is 0. The summed E-state index contributed by atoms with van der Waals surface area (Å²) in [5.74, 6) is 1.37. The summed E-state index contributed by atoms with van der Waals surface area (Å²) in [7, 11) is 0. The van der Waals surface area contributed by atoms with E-state index in [-0.39, 0.29) is 0 Å². The molecule has 0 heterocycles. The highest BCUT2D eigenvalue weighted by Crippen LogP contribution is 2.29. The zero-order valence-electron chi connectivity index (χ0n) is 12.9. The largest absolute Gasteiger partial charge is 0.490 e. The van der Waals surface area contributed by atoms with Gasteiger partial charge in [-0.15, -0.1) is 0 Å². The molecular formula is C17H27NO2. The first-order valence-electron chi connectivity index (χ1n) is 7.69. The molecule has 2 rings (SSSR count). The minimum Gasteiger partial charge on any atom is -0.490 e. The highest BCUT2D eigenvalue weighted by atomic mass is 16.5. The van der Waals surface area contributed by atoms with Crippen molar-refractivity contribution in [2.45, 2.75) is 57.6 Å². The lowest BCUT2D eigenvalue weighted by atomic mass is 9.98. The van der Waals surface area contributed by atoms with E-state index in [1.807, 2.05) is 25.1 Å². The van der Waals surface area contributed by atoms with Gasteiger partial charge in [-0.25, -0.2) is 0 Å². The lowest BCUT2D eigenvalue weighted by Crippen LogP contribution is -2.43. The van der Waals surface area contributed by atoms with E-state index in [0.717, 1.165) is 12.2 Å². The van der Waals surface area contributed by atoms with Crippen molar-refractivity contribution in [1.29, 1.82) is 0 Å². The SMILES string of the molecule is CCC(C)c1ccccc1OCC(C)(O)CNC1CC1. The summed E-state index contributed by atoms with van der Waals surface area (Å²) in [5.41, 5.74) is 0.395. The molecule has 1 aromatic carbocycles. The van der Waals surface area contributed by atoms with Gasteiger partial charge < -0.3 is 15.2 Å². The smallest absolute Gasteiger partial charge is 0.122 e. The standard InChI is InChI=1S/C17H27NO2/c1-4-13(2)15-7-5-6-8-16(15)20-12-17(3,19)11-18-14-9-10-14/h5-8,13-14,18-19H,4,9-12H2,1-3H3. The van der Waals surface area contributed by atoms with Crippen LogP contribution < -0.4 is 10.1 Å². The van der Waals surface area contributed by atoms with Crippen molar-refractivity contribution in [2.24, 2.45) is 0 Å². The lowest BCUT2D eigenvalue weighted by molar-refractivity contribution is 0.0116. The third-order valence-electron chi connectivity index (χ3n) is 3.95. The van der Waals surface area contributed by atoms with Crippen molar-refractivity contribution < 1.29 is 9.84 Å². The molecule has 0 amide bonds. The molecule has 1 aliphatic rings. The minimum atomic E-state index is -0.828. The van der Waals surface area contributed by atoms with E-state index in [1.54, 1.807) is 0 Å². The Balaban J connectivity index is 1.91. The third-order valence-corrected chi connectivity index (χ3v) is 3.95. The Morgan fingerprint density at radius 3 is 2.75 bits per heavy atom. The van der Waals surface area contributed by atoms with E-state index in [0.29, 0.717) is 25.1 Å². The van der Waals surface area contributed by atoms with Crippen LogP contribution in [0.1, 0.15) is 51.5 Å². The summed E-state index contributed by atoms with van der Waals surface area (Å²) in [6, 6.07) is 8.74. The number of para-hydroxylation sites is 1. The Labute approximate surface area is 122 Å². The second kappa shape index (κ2) is 6.59. The first-order valence-corrected chi connectivity index (χ1v) is 7.69. The van der Waals surface area contributed by atoms with E-state index in [9.17, 15) is 5.11 Å². The summed E-state index contributed by atoms with van der Waals surface area (Å²) < 4.78 is 5.89. The van der Waals surface area contributed by atoms with Crippen molar-refractivity contribution in [2.75, 3.05) is 13.2 Å². The maximum Gasteiger partial charge on any atom is 0.122 e. The molecule has 20 heavy (non-hydrogen) atoms. The molecule has 0 aliphatic heterocycles. The van der Waals surface area contributed by atoms with Crippen LogP contribution in [-0.4, -0.2) is 29.9 Å². The first kappa shape index (κ1) is 15.3. The molecule has 2 N–H and O–H groups in total. The van der Waals surface area contributed by atoms with E-state index in [2.05, 4.69) is 25.2 Å². The summed E-state index contributed by atoms with van der Waals surface area (Å²) in [6.45, 7) is 7.11. The van der Waals surface area contributed by atoms with Crippen LogP contribution in [0.2, 0.25) is 0 Å². The van der Waals surface area contributed by atoms with Gasteiger partial charge in [-0.3, -0.25) is 0 Å². The van der Waals surface area contributed by atoms with Crippen molar-refractivity contribution in [3.63, 3.8) is 0 Å². The van der Waals surface area contributed by atoms with E-state index in [1.165, 1.54) is 18.4 Å². The molecule has 1 fully saturated rings. The van der Waals surface area contributed by atoms with Crippen molar-refractivity contribution in [1.82, 2.24) is 5.32 Å². The highest BCUT2D eigenvalue weighted by molar-refractivity contribution is 5.35. The van der Waals surface area contributed by atoms with Gasteiger partial charge in [0.05, 0.1) is 0 Å². The Morgan fingerprint density at radius 2 is 2.10 bits per heavy atom. The van der Waals surface area contributed by atoms with Gasteiger partial charge in [0.25, 0.3) is 0 Å². The van der Waals surface area contributed by atoms with Crippen molar-refractivity contribution in [3.05, 3.63) is 29.8 Å². The van der Waals surface area contributed by atoms with Crippen LogP contribution in [-0.2, 0) is 0 Å². The monoisotopic (exact) mass is 277 g/mol. The van der Waals surface area contributed by atoms with Gasteiger partial charge in [0.1, 0.15) is 18.0 Å². The van der Waals surface area contributed by atoms with Crippen molar-refractivity contribution >= 4 is 0 Å². The maximum atomic E-state index is 10.4. The van der Waals surface area contributed by atoms with E-state index < -0.39 is 5.60 Å². The zero-order valence-corrected chi connectivity index (χ0v) is 12.9. The predicted octanol–water partition coefficient (Wildman–Crippen LogP) is 3.08. The number of benzene rings is 1. The summed E-state index contributed by atoms with van der Waals surface area (Å²) in [5, 5.41) is 13.7. The van der Waals surface area contributed by atoms with E-state index >= 15 is 0 Å². The van der Waals surface area contributed by atoms with Crippen LogP contribution in [0.25, 0.3) is 0 Å². The molecule has 1 saturated carbocycles. The van der Waals surface area contributed by atoms with Crippen LogP contribution >= 0.6 is 0 Å². The fourth-order valence-electron chi connectivity index (χ4n) is 2.17. The highest BCUT2D eigenvalue weighted by Gasteiger charge is 2.27. The van der Waals surface area contributed by atoms with Gasteiger partial charge in [0, 0.05) is 12.6 Å². The van der Waals surface area contributed by atoms with Crippen LogP contribution in [0, 0.1) is 0 Å². The fourth-order valence-corrected chi connectivity index (χ4v) is 2.17. The topological polar surface area (TPSA) is 41.5 Å². The Kier molecular flexibility index (Phi) is 5.06. The molecule has 2 unspecified atom stereocenters. The molecule has 1 aromatic rings. The van der Waals surface area contributed by atoms with Crippen LogP contribution in [0.4, 0.5) is 0 Å². The molecule has 0 bridgehead atoms. The van der Waals surface area contributed by atoms with Crippen molar-refractivity contribution in [3.8, 4) is 5.75 Å². The Bertz CT molecular complexity index is 427. The van der Waals surface area contributed by atoms with Crippen LogP contribution in [0.3, 0.4) is 0 Å². The second-order valence-electron chi connectivity index (χ2n) is 6.29. The number of hydrogen-bond donors (Lipinski definition) is 2. The number of rotatable bonds is 8. The molecule has 3 nitrogen and oxygen atoms in total. The molecule has 0 radical (unpaired) electrons. The summed E-state index contributed by atoms with van der Waals surface area (Å²) in [4.78, 5) is 0. The average molecular weight is 277 g/mol. The normalized spacial score (nSPS) is 19.4. The minimum absolute atomic E-state index is 0.320. The molecule has 3 heteroatoms. The molecule has 0 aromatic heterocycles. The molecule has 1 aliphatic carbocycles. The molecule has 2 atom stereocenters. The molecular weight excluding hydrogens is 250 g/mol. The maximum absolute atomic E-state index is 10.4. The quantitative estimate of drug-likeness (QED) is 0.767. The number of hydrogen-bond acceptors (Lipinski definition) is 3. The second-order valence-corrected chi connectivity index (χ2v) is 6.29. The lowest BCUT2D eigenvalue weighted by Gasteiger charge is -2.25. The van der Waals surface area contributed by atoms with Gasteiger partial charge in [0.2, 0.25) is 0 Å². The van der Waals surface area contributed by atoms with Crippen LogP contribution in [0.5, 0.6) is 5.75 Å². The van der Waals surface area contributed by atoms with Gasteiger partial charge in [-0.05, 0) is 43.7 Å². The van der Waals surface area contributed by atoms with Gasteiger partial charge >= 0.3 is 0 Å². The molecule has 0 saturated heterocycles.